The first-order valence-corrected chi connectivity index (χ1v) is 8.46. The van der Waals surface area contributed by atoms with Gasteiger partial charge in [-0.3, -0.25) is 9.98 Å². The Morgan fingerprint density at radius 2 is 1.88 bits per heavy atom. The van der Waals surface area contributed by atoms with Gasteiger partial charge in [0.05, 0.1) is 11.4 Å². The van der Waals surface area contributed by atoms with E-state index >= 15 is 0 Å². The van der Waals surface area contributed by atoms with E-state index in [4.69, 9.17) is 4.98 Å². The minimum atomic E-state index is 0.855. The molecule has 0 saturated heterocycles. The molecule has 3 aromatic rings. The van der Waals surface area contributed by atoms with Crippen LogP contribution in [0.5, 0.6) is 0 Å². The number of allylic oxidation sites excluding steroid dienone is 3. The summed E-state index contributed by atoms with van der Waals surface area (Å²) in [5, 5.41) is 0. The molecule has 0 atom stereocenters. The van der Waals surface area contributed by atoms with Crippen molar-refractivity contribution in [2.24, 2.45) is 4.99 Å². The van der Waals surface area contributed by atoms with Crippen LogP contribution >= 0.6 is 0 Å². The van der Waals surface area contributed by atoms with Crippen LogP contribution in [0.4, 0.5) is 0 Å². The molecule has 0 bridgehead atoms. The van der Waals surface area contributed by atoms with E-state index in [0.717, 1.165) is 33.7 Å². The third-order valence-corrected chi connectivity index (χ3v) is 4.00. The summed E-state index contributed by atoms with van der Waals surface area (Å²) in [7, 11) is 1.75. The highest BCUT2D eigenvalue weighted by Gasteiger charge is 2.09. The molecule has 2 aromatic heterocycles. The van der Waals surface area contributed by atoms with Crippen molar-refractivity contribution in [1.29, 1.82) is 0 Å². The SMILES string of the molecule is C=C/C=C(\C=NC)c1cc(-c2cccc(C)c2)cc(-c2cccnc2)n1. The lowest BCUT2D eigenvalue weighted by Gasteiger charge is -2.10. The summed E-state index contributed by atoms with van der Waals surface area (Å²) in [6, 6.07) is 16.6. The number of aromatic nitrogens is 2. The van der Waals surface area contributed by atoms with E-state index in [1.807, 2.05) is 24.4 Å². The molecular weight excluding hydrogens is 318 g/mol. The summed E-state index contributed by atoms with van der Waals surface area (Å²) in [5.74, 6) is 0. The molecule has 0 aliphatic rings. The highest BCUT2D eigenvalue weighted by atomic mass is 14.7. The van der Waals surface area contributed by atoms with Crippen LogP contribution in [0.25, 0.3) is 28.0 Å². The fourth-order valence-electron chi connectivity index (χ4n) is 2.79. The summed E-state index contributed by atoms with van der Waals surface area (Å²) >= 11 is 0. The van der Waals surface area contributed by atoms with E-state index in [2.05, 4.69) is 59.9 Å². The second kappa shape index (κ2) is 8.17. The van der Waals surface area contributed by atoms with Crippen molar-refractivity contribution in [2.45, 2.75) is 6.92 Å². The molecule has 0 aliphatic carbocycles. The molecule has 0 unspecified atom stereocenters. The van der Waals surface area contributed by atoms with Gasteiger partial charge in [-0.05, 0) is 42.3 Å². The average molecular weight is 339 g/mol. The van der Waals surface area contributed by atoms with Crippen LogP contribution in [0.15, 0.2) is 84.6 Å². The van der Waals surface area contributed by atoms with Crippen LogP contribution in [0.2, 0.25) is 0 Å². The zero-order valence-corrected chi connectivity index (χ0v) is 15.1. The summed E-state index contributed by atoms with van der Waals surface area (Å²) in [4.78, 5) is 13.2. The quantitative estimate of drug-likeness (QED) is 0.462. The maximum absolute atomic E-state index is 4.84. The van der Waals surface area contributed by atoms with E-state index in [1.165, 1.54) is 5.56 Å². The van der Waals surface area contributed by atoms with Crippen LogP contribution in [0.3, 0.4) is 0 Å². The lowest BCUT2D eigenvalue weighted by Crippen LogP contribution is -1.96. The van der Waals surface area contributed by atoms with Crippen molar-refractivity contribution in [1.82, 2.24) is 9.97 Å². The molecule has 128 valence electrons. The number of nitrogens with zero attached hydrogens (tertiary/aromatic N) is 3. The maximum atomic E-state index is 4.84. The topological polar surface area (TPSA) is 38.1 Å². The van der Waals surface area contributed by atoms with Gasteiger partial charge >= 0.3 is 0 Å². The Morgan fingerprint density at radius 3 is 2.58 bits per heavy atom. The molecule has 26 heavy (non-hydrogen) atoms. The predicted octanol–water partition coefficient (Wildman–Crippen LogP) is 5.39. The van der Waals surface area contributed by atoms with Crippen molar-refractivity contribution in [3.8, 4) is 22.4 Å². The van der Waals surface area contributed by atoms with Gasteiger partial charge in [0, 0.05) is 36.8 Å². The Balaban J connectivity index is 2.23. The molecule has 0 fully saturated rings. The summed E-state index contributed by atoms with van der Waals surface area (Å²) in [5.41, 5.74) is 7.12. The fraction of sp³-hybridized carbons (Fsp3) is 0.0870. The molecule has 3 rings (SSSR count). The van der Waals surface area contributed by atoms with Gasteiger partial charge in [0.25, 0.3) is 0 Å². The second-order valence-electron chi connectivity index (χ2n) is 5.98. The Labute approximate surface area is 154 Å². The van der Waals surface area contributed by atoms with Crippen LogP contribution in [0.1, 0.15) is 11.3 Å². The molecule has 0 amide bonds. The normalized spacial score (nSPS) is 11.7. The van der Waals surface area contributed by atoms with Gasteiger partial charge in [-0.1, -0.05) is 48.6 Å². The molecule has 0 aliphatic heterocycles. The molecule has 3 nitrogen and oxygen atoms in total. The first-order valence-electron chi connectivity index (χ1n) is 8.46. The number of pyridine rings is 2. The van der Waals surface area contributed by atoms with E-state index in [0.29, 0.717) is 0 Å². The number of hydrogen-bond acceptors (Lipinski definition) is 3. The molecule has 0 saturated carbocycles. The first kappa shape index (κ1) is 17.5. The summed E-state index contributed by atoms with van der Waals surface area (Å²) in [6.45, 7) is 5.90. The fourth-order valence-corrected chi connectivity index (χ4v) is 2.79. The van der Waals surface area contributed by atoms with E-state index in [9.17, 15) is 0 Å². The van der Waals surface area contributed by atoms with Gasteiger partial charge in [-0.15, -0.1) is 0 Å². The third-order valence-electron chi connectivity index (χ3n) is 4.00. The third kappa shape index (κ3) is 4.01. The van der Waals surface area contributed by atoms with Gasteiger partial charge < -0.3 is 0 Å². The van der Waals surface area contributed by atoms with Gasteiger partial charge in [-0.2, -0.15) is 0 Å². The number of hydrogen-bond donors (Lipinski definition) is 0. The number of aryl methyl sites for hydroxylation is 1. The van der Waals surface area contributed by atoms with E-state index < -0.39 is 0 Å². The Kier molecular flexibility index (Phi) is 5.49. The molecule has 2 heterocycles. The average Bonchev–Trinajstić information content (AvgIpc) is 2.68. The van der Waals surface area contributed by atoms with Crippen molar-refractivity contribution in [3.63, 3.8) is 0 Å². The molecule has 0 spiro atoms. The predicted molar refractivity (Wildman–Crippen MR) is 110 cm³/mol. The molecular formula is C23H21N3. The Hall–Kier alpha value is -3.33. The maximum Gasteiger partial charge on any atom is 0.0731 e. The molecule has 3 heteroatoms. The van der Waals surface area contributed by atoms with E-state index in [1.54, 1.807) is 25.5 Å². The lowest BCUT2D eigenvalue weighted by molar-refractivity contribution is 1.26. The number of rotatable bonds is 5. The van der Waals surface area contributed by atoms with Crippen molar-refractivity contribution in [3.05, 3.63) is 90.9 Å². The zero-order valence-electron chi connectivity index (χ0n) is 15.1. The molecule has 0 N–H and O–H groups in total. The van der Waals surface area contributed by atoms with Crippen molar-refractivity contribution in [2.75, 3.05) is 7.05 Å². The minimum absolute atomic E-state index is 0.855. The van der Waals surface area contributed by atoms with Crippen molar-refractivity contribution >= 4 is 11.8 Å². The Bertz CT molecular complexity index is 970. The largest absolute Gasteiger partial charge is 0.296 e. The van der Waals surface area contributed by atoms with Crippen LogP contribution in [0, 0.1) is 6.92 Å². The minimum Gasteiger partial charge on any atom is -0.296 e. The summed E-state index contributed by atoms with van der Waals surface area (Å²) in [6.07, 6.45) is 9.07. The monoisotopic (exact) mass is 339 g/mol. The van der Waals surface area contributed by atoms with Crippen LogP contribution < -0.4 is 0 Å². The second-order valence-corrected chi connectivity index (χ2v) is 5.98. The first-order chi connectivity index (χ1) is 12.7. The number of benzene rings is 1. The number of aliphatic imine (C=N–C) groups is 1. The van der Waals surface area contributed by atoms with E-state index in [-0.39, 0.29) is 0 Å². The van der Waals surface area contributed by atoms with Crippen molar-refractivity contribution < 1.29 is 0 Å². The molecule has 0 radical (unpaired) electrons. The van der Waals surface area contributed by atoms with Gasteiger partial charge in [0.1, 0.15) is 0 Å². The van der Waals surface area contributed by atoms with Crippen LogP contribution in [-0.2, 0) is 0 Å². The highest BCUT2D eigenvalue weighted by Crippen LogP contribution is 2.28. The van der Waals surface area contributed by atoms with Crippen LogP contribution in [-0.4, -0.2) is 23.2 Å². The van der Waals surface area contributed by atoms with Gasteiger partial charge in [0.2, 0.25) is 0 Å². The standard InChI is InChI=1S/C23H21N3/c1-4-7-19(15-24-3)22-13-21(18-9-5-8-17(2)12-18)14-23(26-22)20-10-6-11-25-16-20/h4-16H,1H2,2-3H3/b19-7+,24-15?. The highest BCUT2D eigenvalue weighted by molar-refractivity contribution is 6.09. The van der Waals surface area contributed by atoms with Gasteiger partial charge in [-0.25, -0.2) is 4.98 Å². The van der Waals surface area contributed by atoms with Gasteiger partial charge in [0.15, 0.2) is 0 Å². The zero-order chi connectivity index (χ0) is 18.4. The summed E-state index contributed by atoms with van der Waals surface area (Å²) < 4.78 is 0. The Morgan fingerprint density at radius 1 is 1.04 bits per heavy atom. The lowest BCUT2D eigenvalue weighted by atomic mass is 9.99. The molecule has 1 aromatic carbocycles. The smallest absolute Gasteiger partial charge is 0.0731 e.